The number of benzene rings is 1. The van der Waals surface area contributed by atoms with Gasteiger partial charge in [0.1, 0.15) is 24.2 Å². The van der Waals surface area contributed by atoms with Crippen LogP contribution in [0.3, 0.4) is 0 Å². The monoisotopic (exact) mass is 297 g/mol. The smallest absolute Gasteiger partial charge is 0.307 e. The lowest BCUT2D eigenvalue weighted by atomic mass is 10.2. The molecule has 0 aliphatic heterocycles. The molecule has 1 rings (SSSR count). The fourth-order valence-corrected chi connectivity index (χ4v) is 1.67. The number of esters is 1. The summed E-state index contributed by atoms with van der Waals surface area (Å²) < 4.78 is 10.2. The van der Waals surface area contributed by atoms with Gasteiger partial charge in [-0.3, -0.25) is 4.79 Å². The highest BCUT2D eigenvalue weighted by Crippen LogP contribution is 2.15. The molecule has 0 aliphatic carbocycles. The zero-order valence-corrected chi connectivity index (χ0v) is 12.4. The summed E-state index contributed by atoms with van der Waals surface area (Å²) >= 11 is 0. The predicted molar refractivity (Wildman–Crippen MR) is 78.3 cm³/mol. The second-order valence-electron chi connectivity index (χ2n) is 4.78. The van der Waals surface area contributed by atoms with Crippen molar-refractivity contribution in [2.24, 2.45) is 0 Å². The van der Waals surface area contributed by atoms with E-state index in [-0.39, 0.29) is 30.8 Å². The van der Waals surface area contributed by atoms with E-state index in [2.05, 4.69) is 5.32 Å². The van der Waals surface area contributed by atoms with Gasteiger partial charge in [0.05, 0.1) is 13.0 Å². The van der Waals surface area contributed by atoms with Crippen LogP contribution in [-0.4, -0.2) is 48.1 Å². The maximum Gasteiger partial charge on any atom is 0.307 e. The van der Waals surface area contributed by atoms with Crippen molar-refractivity contribution in [3.05, 3.63) is 24.3 Å². The Labute approximate surface area is 124 Å². The summed E-state index contributed by atoms with van der Waals surface area (Å²) in [6.07, 6.45) is -0.428. The number of ether oxygens (including phenoxy) is 2. The molecule has 0 aromatic heterocycles. The van der Waals surface area contributed by atoms with Crippen molar-refractivity contribution >= 4 is 5.97 Å². The van der Waals surface area contributed by atoms with Gasteiger partial charge in [-0.05, 0) is 38.1 Å². The molecule has 3 N–H and O–H groups in total. The second-order valence-corrected chi connectivity index (χ2v) is 4.78. The van der Waals surface area contributed by atoms with Crippen molar-refractivity contribution in [1.82, 2.24) is 5.32 Å². The number of carbonyl (C=O) groups is 1. The molecule has 0 aliphatic rings. The van der Waals surface area contributed by atoms with Gasteiger partial charge in [-0.25, -0.2) is 0 Å². The van der Waals surface area contributed by atoms with Crippen LogP contribution in [-0.2, 0) is 9.53 Å². The Morgan fingerprint density at radius 1 is 1.33 bits per heavy atom. The first kappa shape index (κ1) is 17.3. The minimum Gasteiger partial charge on any atom is -0.508 e. The third-order valence-corrected chi connectivity index (χ3v) is 2.76. The molecular weight excluding hydrogens is 274 g/mol. The summed E-state index contributed by atoms with van der Waals surface area (Å²) in [5.41, 5.74) is 0. The highest BCUT2D eigenvalue weighted by Gasteiger charge is 2.12. The number of aliphatic hydroxyl groups is 1. The molecule has 2 atom stereocenters. The first-order valence-electron chi connectivity index (χ1n) is 7.00. The van der Waals surface area contributed by atoms with Crippen LogP contribution < -0.4 is 10.1 Å². The van der Waals surface area contributed by atoms with E-state index in [0.717, 1.165) is 0 Å². The highest BCUT2D eigenvalue weighted by atomic mass is 16.5. The van der Waals surface area contributed by atoms with E-state index in [9.17, 15) is 9.90 Å². The van der Waals surface area contributed by atoms with Crippen LogP contribution in [0.4, 0.5) is 0 Å². The number of phenols is 1. The Balaban J connectivity index is 2.20. The third-order valence-electron chi connectivity index (χ3n) is 2.76. The number of hydrogen-bond acceptors (Lipinski definition) is 6. The molecule has 2 unspecified atom stereocenters. The van der Waals surface area contributed by atoms with Gasteiger partial charge in [0.25, 0.3) is 0 Å². The van der Waals surface area contributed by atoms with Gasteiger partial charge in [-0.1, -0.05) is 0 Å². The molecule has 0 saturated heterocycles. The molecule has 0 heterocycles. The van der Waals surface area contributed by atoms with Crippen LogP contribution in [0.15, 0.2) is 24.3 Å². The van der Waals surface area contributed by atoms with Crippen molar-refractivity contribution in [1.29, 1.82) is 0 Å². The first-order valence-corrected chi connectivity index (χ1v) is 7.00. The number of hydrogen-bond donors (Lipinski definition) is 3. The zero-order chi connectivity index (χ0) is 15.7. The summed E-state index contributed by atoms with van der Waals surface area (Å²) in [5, 5.41) is 22.0. The van der Waals surface area contributed by atoms with Crippen molar-refractivity contribution < 1.29 is 24.5 Å². The van der Waals surface area contributed by atoms with Gasteiger partial charge in [-0.2, -0.15) is 0 Å². The predicted octanol–water partition coefficient (Wildman–Crippen LogP) is 1.06. The van der Waals surface area contributed by atoms with Crippen molar-refractivity contribution in [2.75, 3.05) is 19.8 Å². The molecule has 0 spiro atoms. The normalized spacial score (nSPS) is 13.5. The van der Waals surface area contributed by atoms with Gasteiger partial charge < -0.3 is 25.0 Å². The molecule has 6 nitrogen and oxygen atoms in total. The van der Waals surface area contributed by atoms with Crippen LogP contribution in [0.25, 0.3) is 0 Å². The average Bonchev–Trinajstić information content (AvgIpc) is 2.44. The Morgan fingerprint density at radius 3 is 2.62 bits per heavy atom. The quantitative estimate of drug-likeness (QED) is 0.591. The molecule has 0 bridgehead atoms. The Kier molecular flexibility index (Phi) is 7.56. The molecule has 0 radical (unpaired) electrons. The SMILES string of the molecule is CCOC(=O)CC(C)NCC(O)COc1ccc(O)cc1. The maximum atomic E-state index is 11.3. The van der Waals surface area contributed by atoms with Crippen LogP contribution >= 0.6 is 0 Å². The Hall–Kier alpha value is -1.79. The summed E-state index contributed by atoms with van der Waals surface area (Å²) in [6, 6.07) is 6.20. The molecule has 0 saturated carbocycles. The summed E-state index contributed by atoms with van der Waals surface area (Å²) in [5.74, 6) is 0.483. The van der Waals surface area contributed by atoms with E-state index < -0.39 is 6.10 Å². The first-order chi connectivity index (χ1) is 10.0. The maximum absolute atomic E-state index is 11.3. The fraction of sp³-hybridized carbons (Fsp3) is 0.533. The van der Waals surface area contributed by atoms with Crippen molar-refractivity contribution in [3.8, 4) is 11.5 Å². The molecular formula is C15H23NO5. The number of carbonyl (C=O) groups excluding carboxylic acids is 1. The van der Waals surface area contributed by atoms with Crippen LogP contribution in [0, 0.1) is 0 Å². The standard InChI is InChI=1S/C15H23NO5/c1-3-20-15(19)8-11(2)16-9-13(18)10-21-14-6-4-12(17)5-7-14/h4-7,11,13,16-18H,3,8-10H2,1-2H3. The number of aliphatic hydroxyl groups excluding tert-OH is 1. The summed E-state index contributed by atoms with van der Waals surface area (Å²) in [6.45, 7) is 4.43. The molecule has 0 fully saturated rings. The van der Waals surface area contributed by atoms with Crippen molar-refractivity contribution in [2.45, 2.75) is 32.4 Å². The van der Waals surface area contributed by atoms with E-state index in [1.807, 2.05) is 6.92 Å². The van der Waals surface area contributed by atoms with E-state index in [0.29, 0.717) is 18.9 Å². The molecule has 1 aromatic carbocycles. The fourth-order valence-electron chi connectivity index (χ4n) is 1.67. The molecule has 1 aromatic rings. The van der Waals surface area contributed by atoms with Gasteiger partial charge in [0.2, 0.25) is 0 Å². The summed E-state index contributed by atoms with van der Waals surface area (Å²) in [4.78, 5) is 11.3. The molecule has 118 valence electrons. The molecule has 21 heavy (non-hydrogen) atoms. The van der Waals surface area contributed by atoms with Crippen LogP contribution in [0.5, 0.6) is 11.5 Å². The second kappa shape index (κ2) is 9.20. The third kappa shape index (κ3) is 7.53. The Bertz CT molecular complexity index is 421. The minimum atomic E-state index is -0.691. The zero-order valence-electron chi connectivity index (χ0n) is 12.4. The number of phenolic OH excluding ortho intramolecular Hbond substituents is 1. The lowest BCUT2D eigenvalue weighted by molar-refractivity contribution is -0.143. The minimum absolute atomic E-state index is 0.0765. The average molecular weight is 297 g/mol. The molecule has 6 heteroatoms. The largest absolute Gasteiger partial charge is 0.508 e. The highest BCUT2D eigenvalue weighted by molar-refractivity contribution is 5.69. The Morgan fingerprint density at radius 2 is 2.00 bits per heavy atom. The van der Waals surface area contributed by atoms with Crippen molar-refractivity contribution in [3.63, 3.8) is 0 Å². The number of rotatable bonds is 9. The van der Waals surface area contributed by atoms with Gasteiger partial charge >= 0.3 is 5.97 Å². The van der Waals surface area contributed by atoms with Gasteiger partial charge in [-0.15, -0.1) is 0 Å². The van der Waals surface area contributed by atoms with E-state index in [1.54, 1.807) is 19.1 Å². The lowest BCUT2D eigenvalue weighted by Crippen LogP contribution is -2.37. The topological polar surface area (TPSA) is 88.0 Å². The lowest BCUT2D eigenvalue weighted by Gasteiger charge is -2.17. The van der Waals surface area contributed by atoms with Gasteiger partial charge in [0.15, 0.2) is 0 Å². The van der Waals surface area contributed by atoms with E-state index >= 15 is 0 Å². The van der Waals surface area contributed by atoms with Crippen LogP contribution in [0.2, 0.25) is 0 Å². The van der Waals surface area contributed by atoms with Crippen LogP contribution in [0.1, 0.15) is 20.3 Å². The number of nitrogens with one attached hydrogen (secondary N) is 1. The van der Waals surface area contributed by atoms with E-state index in [1.165, 1.54) is 12.1 Å². The van der Waals surface area contributed by atoms with E-state index in [4.69, 9.17) is 14.6 Å². The summed E-state index contributed by atoms with van der Waals surface area (Å²) in [7, 11) is 0. The molecule has 0 amide bonds. The van der Waals surface area contributed by atoms with Gasteiger partial charge in [0, 0.05) is 12.6 Å². The number of aromatic hydroxyl groups is 1.